The van der Waals surface area contributed by atoms with Crippen LogP contribution < -0.4 is 9.64 Å². The molecule has 1 saturated heterocycles. The van der Waals surface area contributed by atoms with Gasteiger partial charge in [0.1, 0.15) is 17.9 Å². The molecule has 156 valence electrons. The van der Waals surface area contributed by atoms with E-state index >= 15 is 0 Å². The van der Waals surface area contributed by atoms with Crippen LogP contribution in [0.2, 0.25) is 0 Å². The summed E-state index contributed by atoms with van der Waals surface area (Å²) in [5, 5.41) is 0. The normalized spacial score (nSPS) is 14.8. The Balaban J connectivity index is 1.36. The van der Waals surface area contributed by atoms with Crippen LogP contribution in [-0.4, -0.2) is 36.0 Å². The molecule has 0 saturated carbocycles. The Hall–Kier alpha value is -2.50. The van der Waals surface area contributed by atoms with E-state index < -0.39 is 0 Å². The maximum atomic E-state index is 13.8. The summed E-state index contributed by atoms with van der Waals surface area (Å²) < 4.78 is 19.5. The zero-order valence-electron chi connectivity index (χ0n) is 17.1. The predicted octanol–water partition coefficient (Wildman–Crippen LogP) is 4.39. The molecule has 0 bridgehead atoms. The van der Waals surface area contributed by atoms with Gasteiger partial charge in [-0.25, -0.2) is 14.4 Å². The lowest BCUT2D eigenvalue weighted by Gasteiger charge is -2.32. The molecule has 1 aromatic heterocycles. The topological polar surface area (TPSA) is 55.3 Å². The number of hydrogen-bond acceptors (Lipinski definition) is 5. The molecule has 0 atom stereocenters. The second-order valence-electron chi connectivity index (χ2n) is 7.69. The third-order valence-electron chi connectivity index (χ3n) is 5.48. The molecule has 1 aliphatic rings. The molecule has 0 aliphatic carbocycles. The maximum Gasteiger partial charge on any atom is 0.225 e. The van der Waals surface area contributed by atoms with E-state index in [1.807, 2.05) is 12.4 Å². The van der Waals surface area contributed by atoms with Gasteiger partial charge in [0.2, 0.25) is 5.95 Å². The first-order valence-electron chi connectivity index (χ1n) is 10.6. The van der Waals surface area contributed by atoms with Crippen LogP contribution >= 0.6 is 0 Å². The second-order valence-corrected chi connectivity index (χ2v) is 7.69. The average Bonchev–Trinajstić information content (AvgIpc) is 2.74. The molecule has 6 heteroatoms. The van der Waals surface area contributed by atoms with E-state index in [4.69, 9.17) is 4.74 Å². The molecular formula is C23H30FN3O2. The molecule has 0 unspecified atom stereocenters. The van der Waals surface area contributed by atoms with Gasteiger partial charge in [0.15, 0.2) is 0 Å². The van der Waals surface area contributed by atoms with E-state index in [0.717, 1.165) is 57.6 Å². The highest BCUT2D eigenvalue weighted by Crippen LogP contribution is 2.24. The number of rotatable bonds is 10. The Labute approximate surface area is 172 Å². The first kappa shape index (κ1) is 21.2. The lowest BCUT2D eigenvalue weighted by molar-refractivity contribution is -0.107. The Morgan fingerprint density at radius 2 is 2.00 bits per heavy atom. The smallest absolute Gasteiger partial charge is 0.225 e. The second kappa shape index (κ2) is 10.9. The minimum Gasteiger partial charge on any atom is -0.493 e. The number of carbonyl (C=O) groups excluding carboxylic acids is 1. The molecule has 1 aromatic carbocycles. The summed E-state index contributed by atoms with van der Waals surface area (Å²) in [5.41, 5.74) is 1.60. The molecule has 2 heterocycles. The summed E-state index contributed by atoms with van der Waals surface area (Å²) in [6.45, 7) is 4.71. The summed E-state index contributed by atoms with van der Waals surface area (Å²) in [4.78, 5) is 21.8. The van der Waals surface area contributed by atoms with Crippen LogP contribution in [0.5, 0.6) is 5.75 Å². The molecular weight excluding hydrogens is 369 g/mol. The minimum atomic E-state index is -0.382. The van der Waals surface area contributed by atoms with Crippen molar-refractivity contribution in [3.05, 3.63) is 47.5 Å². The summed E-state index contributed by atoms with van der Waals surface area (Å²) in [7, 11) is 0. The number of halogens is 1. The number of carbonyl (C=O) groups is 1. The number of ether oxygens (including phenoxy) is 1. The van der Waals surface area contributed by atoms with Crippen LogP contribution in [0, 0.1) is 11.7 Å². The summed E-state index contributed by atoms with van der Waals surface area (Å²) in [5.74, 6) is 1.66. The number of anilines is 1. The Bertz CT molecular complexity index is 774. The Morgan fingerprint density at radius 1 is 1.24 bits per heavy atom. The molecule has 1 aliphatic heterocycles. The van der Waals surface area contributed by atoms with Gasteiger partial charge in [0.05, 0.1) is 6.61 Å². The van der Waals surface area contributed by atoms with E-state index in [2.05, 4.69) is 21.8 Å². The number of hydrogen-bond donors (Lipinski definition) is 0. The monoisotopic (exact) mass is 399 g/mol. The van der Waals surface area contributed by atoms with Gasteiger partial charge in [-0.3, -0.25) is 0 Å². The third kappa shape index (κ3) is 6.24. The van der Waals surface area contributed by atoms with Crippen molar-refractivity contribution in [2.45, 2.75) is 51.9 Å². The van der Waals surface area contributed by atoms with Crippen molar-refractivity contribution >= 4 is 12.2 Å². The number of aromatic nitrogens is 2. The first-order valence-corrected chi connectivity index (χ1v) is 10.6. The summed E-state index contributed by atoms with van der Waals surface area (Å²) >= 11 is 0. The molecule has 0 spiro atoms. The van der Waals surface area contributed by atoms with Gasteiger partial charge < -0.3 is 14.4 Å². The molecule has 0 N–H and O–H groups in total. The van der Waals surface area contributed by atoms with Crippen molar-refractivity contribution in [2.75, 3.05) is 24.6 Å². The number of aldehydes is 1. The number of piperidine rings is 1. The lowest BCUT2D eigenvalue weighted by atomic mass is 9.92. The maximum absolute atomic E-state index is 13.8. The molecule has 5 nitrogen and oxygen atoms in total. The zero-order chi connectivity index (χ0) is 20.5. The standard InChI is InChI=1S/C23H30FN3O2/c1-2-4-19-16-25-23(26-17-19)27-11-8-18(9-12-27)5-3-14-29-21-7-6-20(10-13-28)22(24)15-21/h6-7,13,15-18H,2-5,8-12,14H2,1H3. The van der Waals surface area contributed by atoms with Gasteiger partial charge in [0, 0.05) is 38.0 Å². The Morgan fingerprint density at radius 3 is 2.66 bits per heavy atom. The van der Waals surface area contributed by atoms with Crippen LogP contribution in [0.15, 0.2) is 30.6 Å². The fourth-order valence-electron chi connectivity index (χ4n) is 3.79. The van der Waals surface area contributed by atoms with Gasteiger partial charge in [0.25, 0.3) is 0 Å². The van der Waals surface area contributed by atoms with Crippen LogP contribution in [0.3, 0.4) is 0 Å². The highest BCUT2D eigenvalue weighted by molar-refractivity contribution is 5.55. The van der Waals surface area contributed by atoms with Crippen molar-refractivity contribution in [1.29, 1.82) is 0 Å². The molecule has 3 rings (SSSR count). The van der Waals surface area contributed by atoms with Gasteiger partial charge in [-0.1, -0.05) is 19.4 Å². The molecule has 1 fully saturated rings. The van der Waals surface area contributed by atoms with Crippen molar-refractivity contribution in [3.63, 3.8) is 0 Å². The highest BCUT2D eigenvalue weighted by Gasteiger charge is 2.20. The number of benzene rings is 1. The number of nitrogens with zero attached hydrogens (tertiary/aromatic N) is 3. The quantitative estimate of drug-likeness (QED) is 0.438. The summed E-state index contributed by atoms with van der Waals surface area (Å²) in [6, 6.07) is 4.71. The van der Waals surface area contributed by atoms with Crippen LogP contribution in [0.25, 0.3) is 0 Å². The van der Waals surface area contributed by atoms with Crippen LogP contribution in [-0.2, 0) is 17.6 Å². The van der Waals surface area contributed by atoms with Crippen LogP contribution in [0.1, 0.15) is 50.2 Å². The number of aryl methyl sites for hydroxylation is 1. The highest BCUT2D eigenvalue weighted by atomic mass is 19.1. The zero-order valence-corrected chi connectivity index (χ0v) is 17.1. The van der Waals surface area contributed by atoms with Gasteiger partial charge in [-0.2, -0.15) is 0 Å². The van der Waals surface area contributed by atoms with Crippen LogP contribution in [0.4, 0.5) is 10.3 Å². The lowest BCUT2D eigenvalue weighted by Crippen LogP contribution is -2.35. The first-order chi connectivity index (χ1) is 14.2. The van der Waals surface area contributed by atoms with Gasteiger partial charge in [-0.15, -0.1) is 0 Å². The largest absolute Gasteiger partial charge is 0.493 e. The minimum absolute atomic E-state index is 0.0960. The van der Waals surface area contributed by atoms with Gasteiger partial charge in [-0.05, 0) is 55.2 Å². The van der Waals surface area contributed by atoms with E-state index in [1.54, 1.807) is 12.1 Å². The van der Waals surface area contributed by atoms with Crippen molar-refractivity contribution in [2.24, 2.45) is 5.92 Å². The Kier molecular flexibility index (Phi) is 7.96. The average molecular weight is 400 g/mol. The van der Waals surface area contributed by atoms with Crippen molar-refractivity contribution < 1.29 is 13.9 Å². The molecule has 2 aromatic rings. The van der Waals surface area contributed by atoms with Crippen molar-refractivity contribution in [3.8, 4) is 5.75 Å². The van der Waals surface area contributed by atoms with Gasteiger partial charge >= 0.3 is 0 Å². The molecule has 29 heavy (non-hydrogen) atoms. The third-order valence-corrected chi connectivity index (χ3v) is 5.48. The molecule has 0 amide bonds. The molecule has 0 radical (unpaired) electrons. The van der Waals surface area contributed by atoms with Crippen molar-refractivity contribution in [1.82, 2.24) is 9.97 Å². The fourth-order valence-corrected chi connectivity index (χ4v) is 3.79. The van der Waals surface area contributed by atoms with E-state index in [0.29, 0.717) is 30.1 Å². The van der Waals surface area contributed by atoms with E-state index in [9.17, 15) is 9.18 Å². The predicted molar refractivity (Wildman–Crippen MR) is 112 cm³/mol. The van der Waals surface area contributed by atoms with E-state index in [-0.39, 0.29) is 12.2 Å². The summed E-state index contributed by atoms with van der Waals surface area (Å²) in [6.07, 6.45) is 11.2. The fraction of sp³-hybridized carbons (Fsp3) is 0.522. The van der Waals surface area contributed by atoms with E-state index in [1.165, 1.54) is 11.6 Å². The SMILES string of the molecule is CCCc1cnc(N2CCC(CCCOc3ccc(CC=O)c(F)c3)CC2)nc1.